The normalized spacial score (nSPS) is 14.0. The molecule has 0 saturated carbocycles. The number of rotatable bonds is 5. The van der Waals surface area contributed by atoms with Crippen LogP contribution in [0.4, 0.5) is 4.39 Å². The topological polar surface area (TPSA) is 46.2 Å². The maximum Gasteiger partial charge on any atom is 0.127 e. The molecule has 2 rings (SSSR count). The molecule has 4 heteroatoms. The fourth-order valence-electron chi connectivity index (χ4n) is 2.51. The second-order valence-electron chi connectivity index (χ2n) is 5.42. The van der Waals surface area contributed by atoms with Crippen molar-refractivity contribution in [2.24, 2.45) is 5.73 Å². The van der Waals surface area contributed by atoms with E-state index in [1.54, 1.807) is 12.1 Å². The summed E-state index contributed by atoms with van der Waals surface area (Å²) in [6, 6.07) is 12.4. The lowest BCUT2D eigenvalue weighted by Gasteiger charge is -2.31. The van der Waals surface area contributed by atoms with E-state index in [4.69, 9.17) is 17.3 Å². The predicted octanol–water partition coefficient (Wildman–Crippen LogP) is 3.22. The number of nitrogens with two attached hydrogens (primary N) is 1. The molecular weight excluding hydrogens is 289 g/mol. The third-order valence-corrected chi connectivity index (χ3v) is 4.10. The molecule has 1 unspecified atom stereocenters. The van der Waals surface area contributed by atoms with Gasteiger partial charge in [0.1, 0.15) is 5.82 Å². The lowest BCUT2D eigenvalue weighted by molar-refractivity contribution is 0.195. The van der Waals surface area contributed by atoms with Crippen molar-refractivity contribution < 1.29 is 9.50 Å². The van der Waals surface area contributed by atoms with Gasteiger partial charge in [-0.05, 0) is 36.6 Å². The zero-order valence-electron chi connectivity index (χ0n) is 11.9. The van der Waals surface area contributed by atoms with E-state index in [2.05, 4.69) is 0 Å². The Balaban J connectivity index is 2.43. The second-order valence-corrected chi connectivity index (χ2v) is 5.86. The molecule has 112 valence electrons. The Bertz CT molecular complexity index is 626. The van der Waals surface area contributed by atoms with E-state index in [0.717, 1.165) is 11.1 Å². The fraction of sp³-hybridized carbons (Fsp3) is 0.294. The van der Waals surface area contributed by atoms with Gasteiger partial charge in [-0.15, -0.1) is 0 Å². The quantitative estimate of drug-likeness (QED) is 0.891. The van der Waals surface area contributed by atoms with E-state index in [-0.39, 0.29) is 19.0 Å². The van der Waals surface area contributed by atoms with Gasteiger partial charge in [-0.25, -0.2) is 4.39 Å². The van der Waals surface area contributed by atoms with Crippen molar-refractivity contribution in [3.8, 4) is 0 Å². The molecule has 0 aromatic heterocycles. The minimum atomic E-state index is -0.694. The summed E-state index contributed by atoms with van der Waals surface area (Å²) < 4.78 is 14.0. The Morgan fingerprint density at radius 1 is 1.24 bits per heavy atom. The molecule has 1 atom stereocenters. The minimum absolute atomic E-state index is 0.144. The Morgan fingerprint density at radius 3 is 2.57 bits per heavy atom. The monoisotopic (exact) mass is 307 g/mol. The Hall–Kier alpha value is -1.42. The Kier molecular flexibility index (Phi) is 4.99. The lowest BCUT2D eigenvalue weighted by Crippen LogP contribution is -2.41. The molecule has 0 bridgehead atoms. The molecular formula is C17H19ClFNO. The van der Waals surface area contributed by atoms with Crippen molar-refractivity contribution in [3.05, 3.63) is 70.0 Å². The zero-order chi connectivity index (χ0) is 15.5. The number of aliphatic hydroxyl groups is 1. The van der Waals surface area contributed by atoms with Crippen LogP contribution in [0.1, 0.15) is 16.7 Å². The number of hydrogen-bond donors (Lipinski definition) is 2. The van der Waals surface area contributed by atoms with Crippen molar-refractivity contribution >= 4 is 11.6 Å². The van der Waals surface area contributed by atoms with Gasteiger partial charge in [0, 0.05) is 17.0 Å². The largest absolute Gasteiger partial charge is 0.395 e. The van der Waals surface area contributed by atoms with Gasteiger partial charge in [-0.1, -0.05) is 47.5 Å². The second kappa shape index (κ2) is 6.56. The molecule has 3 N–H and O–H groups in total. The third kappa shape index (κ3) is 3.43. The highest BCUT2D eigenvalue weighted by molar-refractivity contribution is 6.30. The van der Waals surface area contributed by atoms with Gasteiger partial charge in [-0.2, -0.15) is 0 Å². The summed E-state index contributed by atoms with van der Waals surface area (Å²) in [7, 11) is 0. The number of halogens is 2. The maximum atomic E-state index is 14.0. The van der Waals surface area contributed by atoms with Crippen molar-refractivity contribution in [1.82, 2.24) is 0 Å². The molecule has 0 fully saturated rings. The van der Waals surface area contributed by atoms with Gasteiger partial charge in [-0.3, -0.25) is 0 Å². The first kappa shape index (κ1) is 16.0. The predicted molar refractivity (Wildman–Crippen MR) is 84.1 cm³/mol. The van der Waals surface area contributed by atoms with Crippen LogP contribution in [-0.2, 0) is 11.8 Å². The Labute approximate surface area is 129 Å². The van der Waals surface area contributed by atoms with E-state index < -0.39 is 5.41 Å². The highest BCUT2D eigenvalue weighted by Crippen LogP contribution is 2.29. The third-order valence-electron chi connectivity index (χ3n) is 3.87. The zero-order valence-corrected chi connectivity index (χ0v) is 12.7. The fourth-order valence-corrected chi connectivity index (χ4v) is 2.67. The molecule has 2 nitrogen and oxygen atoms in total. The smallest absolute Gasteiger partial charge is 0.127 e. The van der Waals surface area contributed by atoms with Gasteiger partial charge in [0.05, 0.1) is 6.61 Å². The highest BCUT2D eigenvalue weighted by Gasteiger charge is 2.31. The van der Waals surface area contributed by atoms with E-state index in [9.17, 15) is 9.50 Å². The first-order chi connectivity index (χ1) is 10.0. The molecule has 0 heterocycles. The highest BCUT2D eigenvalue weighted by atomic mass is 35.5. The van der Waals surface area contributed by atoms with Crippen LogP contribution in [0, 0.1) is 12.7 Å². The first-order valence-corrected chi connectivity index (χ1v) is 7.20. The Morgan fingerprint density at radius 2 is 2.00 bits per heavy atom. The van der Waals surface area contributed by atoms with Gasteiger partial charge in [0.15, 0.2) is 0 Å². The summed E-state index contributed by atoms with van der Waals surface area (Å²) in [5, 5.41) is 10.3. The molecule has 2 aromatic rings. The summed E-state index contributed by atoms with van der Waals surface area (Å²) >= 11 is 5.78. The summed E-state index contributed by atoms with van der Waals surface area (Å²) in [6.45, 7) is 2.06. The van der Waals surface area contributed by atoms with Gasteiger partial charge in [0.2, 0.25) is 0 Å². The van der Waals surface area contributed by atoms with Crippen LogP contribution in [-0.4, -0.2) is 18.3 Å². The number of aryl methyl sites for hydroxylation is 1. The van der Waals surface area contributed by atoms with Crippen LogP contribution in [0.15, 0.2) is 42.5 Å². The van der Waals surface area contributed by atoms with E-state index in [1.165, 1.54) is 6.07 Å². The van der Waals surface area contributed by atoms with Crippen molar-refractivity contribution in [2.75, 3.05) is 13.2 Å². The molecule has 0 aliphatic heterocycles. The molecule has 0 saturated heterocycles. The SMILES string of the molecule is Cc1cccc(C(CN)(CO)Cc2ccc(Cl)cc2F)c1. The summed E-state index contributed by atoms with van der Waals surface area (Å²) in [5.41, 5.74) is 7.72. The molecule has 0 aliphatic carbocycles. The summed E-state index contributed by atoms with van der Waals surface area (Å²) in [6.07, 6.45) is 0.326. The molecule has 2 aromatic carbocycles. The van der Waals surface area contributed by atoms with Crippen LogP contribution >= 0.6 is 11.6 Å². The molecule has 0 spiro atoms. The van der Waals surface area contributed by atoms with Crippen molar-refractivity contribution in [3.63, 3.8) is 0 Å². The van der Waals surface area contributed by atoms with Crippen LogP contribution in [0.5, 0.6) is 0 Å². The van der Waals surface area contributed by atoms with Crippen LogP contribution in [0.25, 0.3) is 0 Å². The standard InChI is InChI=1S/C17H19ClFNO/c1-12-3-2-4-14(7-12)17(10-20,11-21)9-13-5-6-15(18)8-16(13)19/h2-8,21H,9-11,20H2,1H3. The molecule has 21 heavy (non-hydrogen) atoms. The van der Waals surface area contributed by atoms with Crippen LogP contribution in [0.2, 0.25) is 5.02 Å². The molecule has 0 radical (unpaired) electrons. The maximum absolute atomic E-state index is 14.0. The number of benzene rings is 2. The van der Waals surface area contributed by atoms with E-state index in [0.29, 0.717) is 17.0 Å². The van der Waals surface area contributed by atoms with E-state index >= 15 is 0 Å². The molecule has 0 aliphatic rings. The summed E-state index contributed by atoms with van der Waals surface area (Å²) in [5.74, 6) is -0.374. The number of aliphatic hydroxyl groups excluding tert-OH is 1. The first-order valence-electron chi connectivity index (χ1n) is 6.83. The van der Waals surface area contributed by atoms with Gasteiger partial charge < -0.3 is 10.8 Å². The van der Waals surface area contributed by atoms with Crippen LogP contribution in [0.3, 0.4) is 0 Å². The summed E-state index contributed by atoms with van der Waals surface area (Å²) in [4.78, 5) is 0. The molecule has 0 amide bonds. The van der Waals surface area contributed by atoms with Gasteiger partial charge in [0.25, 0.3) is 0 Å². The van der Waals surface area contributed by atoms with E-state index in [1.807, 2.05) is 31.2 Å². The van der Waals surface area contributed by atoms with Crippen molar-refractivity contribution in [1.29, 1.82) is 0 Å². The lowest BCUT2D eigenvalue weighted by atomic mass is 9.75. The van der Waals surface area contributed by atoms with Gasteiger partial charge >= 0.3 is 0 Å². The number of hydrogen-bond acceptors (Lipinski definition) is 2. The average Bonchev–Trinajstić information content (AvgIpc) is 2.47. The van der Waals surface area contributed by atoms with Crippen molar-refractivity contribution in [2.45, 2.75) is 18.8 Å². The average molecular weight is 308 g/mol. The van der Waals surface area contributed by atoms with Crippen LogP contribution < -0.4 is 5.73 Å². The minimum Gasteiger partial charge on any atom is -0.395 e.